The molecule has 2 aromatic rings. The van der Waals surface area contributed by atoms with Gasteiger partial charge >= 0.3 is 0 Å². The zero-order valence-corrected chi connectivity index (χ0v) is 20.6. The molecule has 0 aromatic heterocycles. The second kappa shape index (κ2) is 17.0. The van der Waals surface area contributed by atoms with E-state index in [1.54, 1.807) is 16.7 Å². The molecule has 0 atom stereocenters. The number of benzene rings is 2. The molecule has 0 unspecified atom stereocenters. The molecule has 0 aliphatic heterocycles. The zero-order chi connectivity index (χ0) is 22.0. The summed E-state index contributed by atoms with van der Waals surface area (Å²) >= 11 is 0. The summed E-state index contributed by atoms with van der Waals surface area (Å²) in [6, 6.07) is 18.2. The summed E-state index contributed by atoms with van der Waals surface area (Å²) in [4.78, 5) is 0. The lowest BCUT2D eigenvalue weighted by molar-refractivity contribution is 0.597. The lowest BCUT2D eigenvalue weighted by Crippen LogP contribution is -2.02. The molecule has 0 heterocycles. The van der Waals surface area contributed by atoms with Crippen LogP contribution in [0.15, 0.2) is 48.5 Å². The van der Waals surface area contributed by atoms with Crippen molar-refractivity contribution < 1.29 is 0 Å². The predicted molar refractivity (Wildman–Crippen MR) is 139 cm³/mol. The summed E-state index contributed by atoms with van der Waals surface area (Å²) in [5, 5.41) is 0. The van der Waals surface area contributed by atoms with E-state index in [1.165, 1.54) is 115 Å². The summed E-state index contributed by atoms with van der Waals surface area (Å²) in [7, 11) is 0. The van der Waals surface area contributed by atoms with E-state index in [2.05, 4.69) is 62.4 Å². The molecule has 172 valence electrons. The molecule has 0 radical (unpaired) electrons. The molecule has 0 amide bonds. The van der Waals surface area contributed by atoms with Crippen molar-refractivity contribution in [3.63, 3.8) is 0 Å². The Kier molecular flexibility index (Phi) is 14.1. The largest absolute Gasteiger partial charge is 0.0654 e. The predicted octanol–water partition coefficient (Wildman–Crippen LogP) is 9.67. The van der Waals surface area contributed by atoms with Gasteiger partial charge in [-0.1, -0.05) is 127 Å². The highest BCUT2D eigenvalue weighted by Crippen LogP contribution is 2.23. The van der Waals surface area contributed by atoms with Gasteiger partial charge in [-0.3, -0.25) is 0 Å². The fraction of sp³-hybridized carbons (Fsp3) is 0.613. The van der Waals surface area contributed by atoms with Crippen molar-refractivity contribution in [3.8, 4) is 0 Å². The van der Waals surface area contributed by atoms with E-state index < -0.39 is 0 Å². The summed E-state index contributed by atoms with van der Waals surface area (Å²) < 4.78 is 0. The Labute approximate surface area is 193 Å². The first-order chi connectivity index (χ1) is 15.3. The van der Waals surface area contributed by atoms with Gasteiger partial charge in [0.2, 0.25) is 0 Å². The molecule has 0 saturated carbocycles. The Bertz CT molecular complexity index is 670. The van der Waals surface area contributed by atoms with E-state index in [4.69, 9.17) is 0 Å². The van der Waals surface area contributed by atoms with Crippen molar-refractivity contribution in [3.05, 3.63) is 70.8 Å². The van der Waals surface area contributed by atoms with Crippen LogP contribution < -0.4 is 0 Å². The minimum atomic E-state index is 1.19. The van der Waals surface area contributed by atoms with Crippen molar-refractivity contribution in [2.45, 2.75) is 123 Å². The van der Waals surface area contributed by atoms with Crippen LogP contribution in [0.25, 0.3) is 0 Å². The lowest BCUT2D eigenvalue weighted by atomic mass is 9.90. The van der Waals surface area contributed by atoms with Crippen LogP contribution in [-0.2, 0) is 25.7 Å². The average Bonchev–Trinajstić information content (AvgIpc) is 2.80. The van der Waals surface area contributed by atoms with Crippen LogP contribution in [0.1, 0.15) is 120 Å². The molecule has 0 heteroatoms. The number of unbranched alkanes of at least 4 members (excludes halogenated alkanes) is 10. The van der Waals surface area contributed by atoms with E-state index in [0.29, 0.717) is 0 Å². The van der Waals surface area contributed by atoms with Gasteiger partial charge in [0.05, 0.1) is 0 Å². The SMILES string of the molecule is CCCCCCCCc1cccc(CCCc2ccccc2)c1CCCCCCCC. The summed E-state index contributed by atoms with van der Waals surface area (Å²) in [6.07, 6.45) is 22.9. The van der Waals surface area contributed by atoms with Crippen LogP contribution in [0.5, 0.6) is 0 Å². The van der Waals surface area contributed by atoms with Crippen LogP contribution in [0.2, 0.25) is 0 Å². The second-order valence-electron chi connectivity index (χ2n) is 9.43. The standard InChI is InChI=1S/C31H48/c1-3-5-7-9-11-16-23-29-25-19-26-30(24-18-22-28-20-14-13-15-21-28)31(29)27-17-12-10-8-6-4-2/h13-15,19-21,25-26H,3-12,16-18,22-24,27H2,1-2H3. The third kappa shape index (κ3) is 11.0. The van der Waals surface area contributed by atoms with E-state index >= 15 is 0 Å². The van der Waals surface area contributed by atoms with Crippen LogP contribution >= 0.6 is 0 Å². The van der Waals surface area contributed by atoms with Crippen LogP contribution in [0.3, 0.4) is 0 Å². The van der Waals surface area contributed by atoms with Crippen molar-refractivity contribution in [1.82, 2.24) is 0 Å². The van der Waals surface area contributed by atoms with Gasteiger partial charge in [0, 0.05) is 0 Å². The number of aryl methyl sites for hydroxylation is 3. The smallest absolute Gasteiger partial charge is 0.0273 e. The normalized spacial score (nSPS) is 11.2. The van der Waals surface area contributed by atoms with Gasteiger partial charge in [-0.15, -0.1) is 0 Å². The van der Waals surface area contributed by atoms with Gasteiger partial charge in [0.25, 0.3) is 0 Å². The number of hydrogen-bond donors (Lipinski definition) is 0. The highest BCUT2D eigenvalue weighted by atomic mass is 14.1. The highest BCUT2D eigenvalue weighted by Gasteiger charge is 2.09. The molecule has 0 N–H and O–H groups in total. The fourth-order valence-corrected chi connectivity index (χ4v) is 4.78. The van der Waals surface area contributed by atoms with Gasteiger partial charge in [-0.05, 0) is 67.2 Å². The number of hydrogen-bond acceptors (Lipinski definition) is 0. The molecule has 2 rings (SSSR count). The molecule has 0 aliphatic rings. The Morgan fingerprint density at radius 2 is 0.935 bits per heavy atom. The van der Waals surface area contributed by atoms with Gasteiger partial charge in [0.15, 0.2) is 0 Å². The average molecular weight is 421 g/mol. The Hall–Kier alpha value is -1.56. The van der Waals surface area contributed by atoms with E-state index in [1.807, 2.05) is 0 Å². The first-order valence-corrected chi connectivity index (χ1v) is 13.5. The molecule has 0 saturated heterocycles. The Morgan fingerprint density at radius 3 is 1.55 bits per heavy atom. The van der Waals surface area contributed by atoms with E-state index in [-0.39, 0.29) is 0 Å². The maximum atomic E-state index is 2.43. The van der Waals surface area contributed by atoms with Gasteiger partial charge in [-0.2, -0.15) is 0 Å². The van der Waals surface area contributed by atoms with Gasteiger partial charge in [-0.25, -0.2) is 0 Å². The van der Waals surface area contributed by atoms with Gasteiger partial charge < -0.3 is 0 Å². The van der Waals surface area contributed by atoms with Crippen LogP contribution in [0, 0.1) is 0 Å². The Balaban J connectivity index is 1.91. The lowest BCUT2D eigenvalue weighted by Gasteiger charge is -2.16. The molecular weight excluding hydrogens is 372 g/mol. The summed E-state index contributed by atoms with van der Waals surface area (Å²) in [6.45, 7) is 4.61. The zero-order valence-electron chi connectivity index (χ0n) is 20.6. The van der Waals surface area contributed by atoms with Crippen LogP contribution in [0.4, 0.5) is 0 Å². The summed E-state index contributed by atoms with van der Waals surface area (Å²) in [5.74, 6) is 0. The third-order valence-electron chi connectivity index (χ3n) is 6.70. The monoisotopic (exact) mass is 420 g/mol. The van der Waals surface area contributed by atoms with Crippen molar-refractivity contribution >= 4 is 0 Å². The topological polar surface area (TPSA) is 0 Å². The molecule has 0 fully saturated rings. The maximum absolute atomic E-state index is 2.43. The Morgan fingerprint density at radius 1 is 0.419 bits per heavy atom. The van der Waals surface area contributed by atoms with Gasteiger partial charge in [0.1, 0.15) is 0 Å². The minimum absolute atomic E-state index is 1.19. The van der Waals surface area contributed by atoms with Crippen molar-refractivity contribution in [1.29, 1.82) is 0 Å². The molecule has 0 spiro atoms. The fourth-order valence-electron chi connectivity index (χ4n) is 4.78. The molecule has 0 nitrogen and oxygen atoms in total. The van der Waals surface area contributed by atoms with E-state index in [0.717, 1.165) is 0 Å². The first-order valence-electron chi connectivity index (χ1n) is 13.5. The molecular formula is C31H48. The quantitative estimate of drug-likeness (QED) is 0.210. The molecule has 0 bridgehead atoms. The third-order valence-corrected chi connectivity index (χ3v) is 6.70. The van der Waals surface area contributed by atoms with Crippen molar-refractivity contribution in [2.75, 3.05) is 0 Å². The van der Waals surface area contributed by atoms with Crippen molar-refractivity contribution in [2.24, 2.45) is 0 Å². The summed E-state index contributed by atoms with van der Waals surface area (Å²) in [5.41, 5.74) is 6.47. The number of rotatable bonds is 18. The maximum Gasteiger partial charge on any atom is -0.0273 e. The van der Waals surface area contributed by atoms with Crippen LogP contribution in [-0.4, -0.2) is 0 Å². The molecule has 0 aliphatic carbocycles. The molecule has 2 aromatic carbocycles. The second-order valence-corrected chi connectivity index (χ2v) is 9.43. The highest BCUT2D eigenvalue weighted by molar-refractivity contribution is 5.36. The molecule has 31 heavy (non-hydrogen) atoms. The minimum Gasteiger partial charge on any atom is -0.0654 e. The first kappa shape index (κ1) is 25.7. The van der Waals surface area contributed by atoms with E-state index in [9.17, 15) is 0 Å².